The van der Waals surface area contributed by atoms with Crippen molar-refractivity contribution in [3.63, 3.8) is 0 Å². The first-order valence-electron chi connectivity index (χ1n) is 8.53. The largest absolute Gasteiger partial charge is 0.467 e. The van der Waals surface area contributed by atoms with Crippen LogP contribution in [0.25, 0.3) is 0 Å². The number of carbonyl (C=O) groups is 1. The molecule has 0 radical (unpaired) electrons. The highest BCUT2D eigenvalue weighted by molar-refractivity contribution is 5.74. The number of piperazine rings is 1. The molecule has 0 bridgehead atoms. The first kappa shape index (κ1) is 16.4. The number of hydrogen-bond acceptors (Lipinski definition) is 3. The van der Waals surface area contributed by atoms with Gasteiger partial charge in [0.1, 0.15) is 5.76 Å². The third kappa shape index (κ3) is 3.91. The Kier molecular flexibility index (Phi) is 5.08. The van der Waals surface area contributed by atoms with Crippen LogP contribution in [0.4, 0.5) is 10.5 Å². The number of urea groups is 1. The number of amides is 2. The maximum atomic E-state index is 12.2. The number of nitrogens with one attached hydrogen (secondary N) is 1. The molecule has 0 spiro atoms. The molecule has 1 aromatic carbocycles. The van der Waals surface area contributed by atoms with Crippen molar-refractivity contribution < 1.29 is 9.21 Å². The number of hydrogen-bond donors (Lipinski definition) is 1. The van der Waals surface area contributed by atoms with Crippen molar-refractivity contribution in [1.82, 2.24) is 10.2 Å². The van der Waals surface area contributed by atoms with Gasteiger partial charge >= 0.3 is 6.03 Å². The number of furan rings is 1. The average molecular weight is 327 g/mol. The second-order valence-electron chi connectivity index (χ2n) is 6.46. The van der Waals surface area contributed by atoms with E-state index in [1.54, 1.807) is 6.26 Å². The molecule has 1 saturated heterocycles. The molecule has 2 aromatic rings. The summed E-state index contributed by atoms with van der Waals surface area (Å²) in [5.74, 6) is 1.32. The van der Waals surface area contributed by atoms with Crippen molar-refractivity contribution >= 4 is 11.7 Å². The number of nitrogens with zero attached hydrogens (tertiary/aromatic N) is 2. The Morgan fingerprint density at radius 1 is 1.12 bits per heavy atom. The van der Waals surface area contributed by atoms with Crippen molar-refractivity contribution in [2.24, 2.45) is 0 Å². The van der Waals surface area contributed by atoms with Gasteiger partial charge in [0.05, 0.1) is 12.8 Å². The summed E-state index contributed by atoms with van der Waals surface area (Å²) in [6.07, 6.45) is 1.62. The van der Waals surface area contributed by atoms with Crippen molar-refractivity contribution in [2.45, 2.75) is 26.3 Å². The van der Waals surface area contributed by atoms with Gasteiger partial charge in [0.15, 0.2) is 0 Å². The molecule has 2 heterocycles. The van der Waals surface area contributed by atoms with E-state index >= 15 is 0 Å². The van der Waals surface area contributed by atoms with E-state index < -0.39 is 0 Å². The highest BCUT2D eigenvalue weighted by Crippen LogP contribution is 2.21. The summed E-state index contributed by atoms with van der Waals surface area (Å²) < 4.78 is 5.23. The van der Waals surface area contributed by atoms with E-state index in [0.717, 1.165) is 31.9 Å². The van der Waals surface area contributed by atoms with Crippen LogP contribution < -0.4 is 10.2 Å². The summed E-state index contributed by atoms with van der Waals surface area (Å²) >= 11 is 0. The number of rotatable bonds is 4. The quantitative estimate of drug-likeness (QED) is 0.936. The second kappa shape index (κ2) is 7.43. The molecule has 0 atom stereocenters. The fourth-order valence-electron chi connectivity index (χ4n) is 2.93. The molecule has 1 aromatic heterocycles. The van der Waals surface area contributed by atoms with Crippen LogP contribution >= 0.6 is 0 Å². The molecule has 1 aliphatic rings. The van der Waals surface area contributed by atoms with Gasteiger partial charge in [-0.3, -0.25) is 0 Å². The molecule has 24 heavy (non-hydrogen) atoms. The lowest BCUT2D eigenvalue weighted by Gasteiger charge is -2.36. The van der Waals surface area contributed by atoms with Crippen LogP contribution in [0, 0.1) is 0 Å². The zero-order valence-corrected chi connectivity index (χ0v) is 14.4. The Morgan fingerprint density at radius 2 is 1.83 bits per heavy atom. The normalized spacial score (nSPS) is 15.0. The van der Waals surface area contributed by atoms with Crippen molar-refractivity contribution in [3.05, 3.63) is 54.0 Å². The van der Waals surface area contributed by atoms with Gasteiger partial charge in [-0.1, -0.05) is 26.0 Å². The molecule has 0 saturated carbocycles. The molecule has 2 amide bonds. The summed E-state index contributed by atoms with van der Waals surface area (Å²) in [5.41, 5.74) is 2.59. The summed E-state index contributed by atoms with van der Waals surface area (Å²) in [6, 6.07) is 12.4. The number of benzene rings is 1. The number of anilines is 1. The summed E-state index contributed by atoms with van der Waals surface area (Å²) in [5, 5.41) is 2.90. The molecule has 5 heteroatoms. The number of carbonyl (C=O) groups excluding carboxylic acids is 1. The van der Waals surface area contributed by atoms with E-state index in [1.807, 2.05) is 17.0 Å². The van der Waals surface area contributed by atoms with Crippen LogP contribution in [-0.2, 0) is 6.54 Å². The SMILES string of the molecule is CC(C)c1ccc(N2CCN(C(=O)NCc3ccco3)CC2)cc1. The van der Waals surface area contributed by atoms with Crippen LogP contribution in [0.15, 0.2) is 47.1 Å². The molecule has 5 nitrogen and oxygen atoms in total. The maximum Gasteiger partial charge on any atom is 0.317 e. The Balaban J connectivity index is 1.49. The Bertz CT molecular complexity index is 642. The Labute approximate surface area is 143 Å². The smallest absolute Gasteiger partial charge is 0.317 e. The fraction of sp³-hybridized carbons (Fsp3) is 0.421. The highest BCUT2D eigenvalue weighted by Gasteiger charge is 2.21. The molecular formula is C19H25N3O2. The molecule has 1 fully saturated rings. The minimum absolute atomic E-state index is 0.0267. The lowest BCUT2D eigenvalue weighted by molar-refractivity contribution is 0.193. The van der Waals surface area contributed by atoms with Gasteiger partial charge < -0.3 is 19.5 Å². The fourth-order valence-corrected chi connectivity index (χ4v) is 2.93. The lowest BCUT2D eigenvalue weighted by atomic mass is 10.0. The van der Waals surface area contributed by atoms with E-state index in [9.17, 15) is 4.79 Å². The van der Waals surface area contributed by atoms with Crippen molar-refractivity contribution in [2.75, 3.05) is 31.1 Å². The van der Waals surface area contributed by atoms with Gasteiger partial charge in [0.2, 0.25) is 0 Å². The van der Waals surface area contributed by atoms with Crippen molar-refractivity contribution in [3.8, 4) is 0 Å². The van der Waals surface area contributed by atoms with Gasteiger partial charge in [-0.25, -0.2) is 4.79 Å². The molecule has 1 N–H and O–H groups in total. The van der Waals surface area contributed by atoms with E-state index in [4.69, 9.17) is 4.42 Å². The first-order valence-corrected chi connectivity index (χ1v) is 8.53. The van der Waals surface area contributed by atoms with E-state index in [1.165, 1.54) is 11.3 Å². The van der Waals surface area contributed by atoms with Gasteiger partial charge in [0.25, 0.3) is 0 Å². The van der Waals surface area contributed by atoms with E-state index in [-0.39, 0.29) is 6.03 Å². The zero-order chi connectivity index (χ0) is 16.9. The lowest BCUT2D eigenvalue weighted by Crippen LogP contribution is -2.51. The van der Waals surface area contributed by atoms with Gasteiger partial charge in [-0.05, 0) is 35.7 Å². The second-order valence-corrected chi connectivity index (χ2v) is 6.46. The summed E-state index contributed by atoms with van der Waals surface area (Å²) in [7, 11) is 0. The molecule has 0 unspecified atom stereocenters. The van der Waals surface area contributed by atoms with Crippen LogP contribution in [0.3, 0.4) is 0 Å². The Morgan fingerprint density at radius 3 is 2.42 bits per heavy atom. The third-order valence-electron chi connectivity index (χ3n) is 4.49. The predicted molar refractivity (Wildman–Crippen MR) is 95.3 cm³/mol. The molecule has 0 aliphatic carbocycles. The van der Waals surface area contributed by atoms with Crippen LogP contribution in [0.2, 0.25) is 0 Å². The van der Waals surface area contributed by atoms with E-state index in [2.05, 4.69) is 48.3 Å². The van der Waals surface area contributed by atoms with Gasteiger partial charge in [-0.2, -0.15) is 0 Å². The topological polar surface area (TPSA) is 48.7 Å². The maximum absolute atomic E-state index is 12.2. The highest BCUT2D eigenvalue weighted by atomic mass is 16.3. The van der Waals surface area contributed by atoms with Crippen LogP contribution in [0.1, 0.15) is 31.1 Å². The summed E-state index contributed by atoms with van der Waals surface area (Å²) in [6.45, 7) is 8.02. The molecule has 128 valence electrons. The minimum atomic E-state index is -0.0267. The first-order chi connectivity index (χ1) is 11.6. The van der Waals surface area contributed by atoms with Crippen LogP contribution in [-0.4, -0.2) is 37.1 Å². The predicted octanol–water partition coefficient (Wildman–Crippen LogP) is 3.43. The van der Waals surface area contributed by atoms with Gasteiger partial charge in [-0.15, -0.1) is 0 Å². The third-order valence-corrected chi connectivity index (χ3v) is 4.49. The molecular weight excluding hydrogens is 302 g/mol. The Hall–Kier alpha value is -2.43. The molecule has 1 aliphatic heterocycles. The standard InChI is InChI=1S/C19H25N3O2/c1-15(2)16-5-7-17(8-6-16)21-9-11-22(12-10-21)19(23)20-14-18-4-3-13-24-18/h3-8,13,15H,9-12,14H2,1-2H3,(H,20,23). The summed E-state index contributed by atoms with van der Waals surface area (Å²) in [4.78, 5) is 16.4. The monoisotopic (exact) mass is 327 g/mol. The average Bonchev–Trinajstić information content (AvgIpc) is 3.13. The van der Waals surface area contributed by atoms with Crippen molar-refractivity contribution in [1.29, 1.82) is 0 Å². The molecule has 3 rings (SSSR count). The zero-order valence-electron chi connectivity index (χ0n) is 14.4. The van der Waals surface area contributed by atoms with E-state index in [0.29, 0.717) is 12.5 Å². The minimum Gasteiger partial charge on any atom is -0.467 e. The van der Waals surface area contributed by atoms with Crippen LogP contribution in [0.5, 0.6) is 0 Å². The van der Waals surface area contributed by atoms with Gasteiger partial charge in [0, 0.05) is 31.9 Å².